The smallest absolute Gasteiger partial charge is 0.0808 e. The lowest BCUT2D eigenvalue weighted by Crippen LogP contribution is -2.26. The molecule has 0 heterocycles. The maximum atomic E-state index is 6.31. The zero-order valence-corrected chi connectivity index (χ0v) is 15.1. The predicted octanol–water partition coefficient (Wildman–Crippen LogP) is 3.05. The summed E-state index contributed by atoms with van der Waals surface area (Å²) in [5.41, 5.74) is 17.7. The van der Waals surface area contributed by atoms with E-state index in [0.29, 0.717) is 0 Å². The predicted molar refractivity (Wildman–Crippen MR) is 103 cm³/mol. The molecular formula is C22H28N2O2. The highest BCUT2D eigenvalue weighted by Crippen LogP contribution is 2.32. The molecular weight excluding hydrogens is 324 g/mol. The molecule has 0 aromatic heterocycles. The van der Waals surface area contributed by atoms with Crippen molar-refractivity contribution in [3.8, 4) is 0 Å². The maximum absolute atomic E-state index is 6.31. The molecule has 0 unspecified atom stereocenters. The van der Waals surface area contributed by atoms with Crippen molar-refractivity contribution in [1.29, 1.82) is 0 Å². The summed E-state index contributed by atoms with van der Waals surface area (Å²) in [5.74, 6) is 0. The van der Waals surface area contributed by atoms with Crippen LogP contribution in [0.4, 0.5) is 0 Å². The van der Waals surface area contributed by atoms with E-state index < -0.39 is 0 Å². The van der Waals surface area contributed by atoms with Crippen LogP contribution in [0.25, 0.3) is 0 Å². The first-order chi connectivity index (χ1) is 12.7. The summed E-state index contributed by atoms with van der Waals surface area (Å²) in [4.78, 5) is 0. The zero-order chi connectivity index (χ0) is 17.9. The van der Waals surface area contributed by atoms with Gasteiger partial charge in [-0.15, -0.1) is 0 Å². The van der Waals surface area contributed by atoms with E-state index >= 15 is 0 Å². The fourth-order valence-electron chi connectivity index (χ4n) is 4.18. The van der Waals surface area contributed by atoms with E-state index in [2.05, 4.69) is 36.4 Å². The first-order valence-corrected chi connectivity index (χ1v) is 9.64. The molecule has 2 aromatic carbocycles. The Morgan fingerprint density at radius 1 is 0.692 bits per heavy atom. The van der Waals surface area contributed by atoms with Gasteiger partial charge in [0.15, 0.2) is 0 Å². The van der Waals surface area contributed by atoms with Crippen LogP contribution < -0.4 is 11.5 Å². The summed E-state index contributed by atoms with van der Waals surface area (Å²) >= 11 is 0. The molecule has 0 saturated heterocycles. The number of nitrogens with two attached hydrogens (primary N) is 2. The highest BCUT2D eigenvalue weighted by molar-refractivity contribution is 5.36. The highest BCUT2D eigenvalue weighted by atomic mass is 16.5. The molecule has 0 fully saturated rings. The van der Waals surface area contributed by atoms with Gasteiger partial charge in [-0.2, -0.15) is 0 Å². The maximum Gasteiger partial charge on any atom is 0.0808 e. The Kier molecular flexibility index (Phi) is 5.36. The molecule has 0 radical (unpaired) electrons. The van der Waals surface area contributed by atoms with E-state index in [1.807, 2.05) is 12.1 Å². The summed E-state index contributed by atoms with van der Waals surface area (Å²) in [5, 5.41) is 0. The summed E-state index contributed by atoms with van der Waals surface area (Å²) in [6.45, 7) is 1.46. The third-order valence-electron chi connectivity index (χ3n) is 5.67. The van der Waals surface area contributed by atoms with Crippen LogP contribution in [-0.2, 0) is 22.3 Å². The molecule has 4 atom stereocenters. The quantitative estimate of drug-likeness (QED) is 0.752. The SMILES string of the molecule is N[C@@H]1c2ccccc2C[C@H]1OCCCCO[C@@H]1Cc2ccccc2[C@H]1N. The molecule has 0 amide bonds. The van der Waals surface area contributed by atoms with Gasteiger partial charge in [0.25, 0.3) is 0 Å². The Morgan fingerprint density at radius 2 is 1.12 bits per heavy atom. The molecule has 4 nitrogen and oxygen atoms in total. The van der Waals surface area contributed by atoms with Gasteiger partial charge in [-0.1, -0.05) is 48.5 Å². The Labute approximate surface area is 155 Å². The second-order valence-corrected chi connectivity index (χ2v) is 7.38. The molecule has 2 aromatic rings. The van der Waals surface area contributed by atoms with Crippen molar-refractivity contribution in [2.75, 3.05) is 13.2 Å². The fourth-order valence-corrected chi connectivity index (χ4v) is 4.18. The van der Waals surface area contributed by atoms with Crippen LogP contribution in [0.15, 0.2) is 48.5 Å². The van der Waals surface area contributed by atoms with Crippen LogP contribution in [0.5, 0.6) is 0 Å². The normalized spacial score (nSPS) is 26.7. The van der Waals surface area contributed by atoms with Gasteiger partial charge in [-0.3, -0.25) is 0 Å². The van der Waals surface area contributed by atoms with Gasteiger partial charge in [-0.25, -0.2) is 0 Å². The van der Waals surface area contributed by atoms with E-state index in [-0.39, 0.29) is 24.3 Å². The fraction of sp³-hybridized carbons (Fsp3) is 0.455. The van der Waals surface area contributed by atoms with Crippen LogP contribution in [0.1, 0.15) is 47.2 Å². The Morgan fingerprint density at radius 3 is 1.54 bits per heavy atom. The number of hydrogen-bond donors (Lipinski definition) is 2. The van der Waals surface area contributed by atoms with Crippen molar-refractivity contribution >= 4 is 0 Å². The lowest BCUT2D eigenvalue weighted by molar-refractivity contribution is 0.0208. The number of fused-ring (bicyclic) bond motifs is 2. The molecule has 0 saturated carbocycles. The molecule has 0 bridgehead atoms. The second-order valence-electron chi connectivity index (χ2n) is 7.38. The third-order valence-corrected chi connectivity index (χ3v) is 5.67. The lowest BCUT2D eigenvalue weighted by Gasteiger charge is -2.18. The van der Waals surface area contributed by atoms with E-state index in [1.165, 1.54) is 22.3 Å². The van der Waals surface area contributed by atoms with E-state index in [9.17, 15) is 0 Å². The first-order valence-electron chi connectivity index (χ1n) is 9.64. The molecule has 4 heteroatoms. The lowest BCUT2D eigenvalue weighted by atomic mass is 10.1. The summed E-state index contributed by atoms with van der Waals surface area (Å²) in [7, 11) is 0. The first kappa shape index (κ1) is 17.7. The van der Waals surface area contributed by atoms with Crippen LogP contribution in [0, 0.1) is 0 Å². The van der Waals surface area contributed by atoms with Crippen LogP contribution in [0.2, 0.25) is 0 Å². The number of ether oxygens (including phenoxy) is 2. The minimum atomic E-state index is -0.00237. The molecule has 2 aliphatic carbocycles. The number of hydrogen-bond acceptors (Lipinski definition) is 4. The van der Waals surface area contributed by atoms with Gasteiger partial charge in [0, 0.05) is 26.1 Å². The molecule has 26 heavy (non-hydrogen) atoms. The summed E-state index contributed by atoms with van der Waals surface area (Å²) < 4.78 is 12.1. The van der Waals surface area contributed by atoms with Gasteiger partial charge in [0.05, 0.1) is 24.3 Å². The molecule has 138 valence electrons. The van der Waals surface area contributed by atoms with Crippen molar-refractivity contribution in [1.82, 2.24) is 0 Å². The second kappa shape index (κ2) is 7.89. The number of benzene rings is 2. The van der Waals surface area contributed by atoms with Gasteiger partial charge in [0.2, 0.25) is 0 Å². The number of unbranched alkanes of at least 4 members (excludes halogenated alkanes) is 1. The van der Waals surface area contributed by atoms with Crippen molar-refractivity contribution in [3.05, 3.63) is 70.8 Å². The van der Waals surface area contributed by atoms with Crippen molar-refractivity contribution in [2.45, 2.75) is 50.0 Å². The average Bonchev–Trinajstić information content (AvgIpc) is 3.16. The molecule has 4 N–H and O–H groups in total. The highest BCUT2D eigenvalue weighted by Gasteiger charge is 2.30. The average molecular weight is 352 g/mol. The van der Waals surface area contributed by atoms with Crippen molar-refractivity contribution in [3.63, 3.8) is 0 Å². The minimum absolute atomic E-state index is 0.00237. The van der Waals surface area contributed by atoms with Crippen LogP contribution >= 0.6 is 0 Å². The van der Waals surface area contributed by atoms with E-state index in [4.69, 9.17) is 20.9 Å². The topological polar surface area (TPSA) is 70.5 Å². The molecule has 0 aliphatic heterocycles. The van der Waals surface area contributed by atoms with Gasteiger partial charge < -0.3 is 20.9 Å². The van der Waals surface area contributed by atoms with Gasteiger partial charge in [0.1, 0.15) is 0 Å². The Balaban J connectivity index is 1.14. The van der Waals surface area contributed by atoms with E-state index in [1.54, 1.807) is 0 Å². The van der Waals surface area contributed by atoms with Crippen molar-refractivity contribution in [2.24, 2.45) is 11.5 Å². The largest absolute Gasteiger partial charge is 0.376 e. The minimum Gasteiger partial charge on any atom is -0.376 e. The summed E-state index contributed by atoms with van der Waals surface area (Å²) in [6, 6.07) is 16.7. The van der Waals surface area contributed by atoms with Crippen LogP contribution in [0.3, 0.4) is 0 Å². The van der Waals surface area contributed by atoms with Gasteiger partial charge in [-0.05, 0) is 35.1 Å². The Hall–Kier alpha value is -1.72. The third kappa shape index (κ3) is 3.55. The zero-order valence-electron chi connectivity index (χ0n) is 15.1. The Bertz CT molecular complexity index is 685. The van der Waals surface area contributed by atoms with Gasteiger partial charge >= 0.3 is 0 Å². The molecule has 4 rings (SSSR count). The molecule has 2 aliphatic rings. The van der Waals surface area contributed by atoms with Crippen LogP contribution in [-0.4, -0.2) is 25.4 Å². The molecule has 0 spiro atoms. The monoisotopic (exact) mass is 352 g/mol. The number of rotatable bonds is 7. The van der Waals surface area contributed by atoms with E-state index in [0.717, 1.165) is 38.9 Å². The standard InChI is InChI=1S/C22H28N2O2/c23-21-17-9-3-1-7-15(17)13-19(21)25-11-5-6-12-26-20-14-16-8-2-4-10-18(16)22(20)24/h1-4,7-10,19-22H,5-6,11-14,23-24H2/t19-,20-,21-,22-/m1/s1. The summed E-state index contributed by atoms with van der Waals surface area (Å²) in [6.07, 6.45) is 4.01. The van der Waals surface area contributed by atoms with Crippen molar-refractivity contribution < 1.29 is 9.47 Å².